The van der Waals surface area contributed by atoms with Gasteiger partial charge in [-0.15, -0.1) is 6.58 Å². The lowest BCUT2D eigenvalue weighted by molar-refractivity contribution is 0.235. The molecule has 1 saturated heterocycles. The Kier molecular flexibility index (Phi) is 4.16. The number of thioether (sulfide) groups is 1. The molecule has 0 radical (unpaired) electrons. The molecule has 0 bridgehead atoms. The fraction of sp³-hybridized carbons (Fsp3) is 0.800. The van der Waals surface area contributed by atoms with Crippen molar-refractivity contribution in [2.24, 2.45) is 0 Å². The molecule has 0 aliphatic carbocycles. The standard InChI is InChI=1S/C10H19NS/c1-9(2)4-5-11-6-7-12-8-10(11)3/h10H,1,4-8H2,2-3H3. The van der Waals surface area contributed by atoms with Gasteiger partial charge in [-0.1, -0.05) is 5.57 Å². The molecule has 0 aromatic carbocycles. The van der Waals surface area contributed by atoms with Crippen molar-refractivity contribution in [1.82, 2.24) is 4.90 Å². The average Bonchev–Trinajstić information content (AvgIpc) is 2.03. The first-order chi connectivity index (χ1) is 5.70. The Bertz CT molecular complexity index is 156. The highest BCUT2D eigenvalue weighted by Gasteiger charge is 2.17. The van der Waals surface area contributed by atoms with Crippen molar-refractivity contribution < 1.29 is 0 Å². The van der Waals surface area contributed by atoms with Gasteiger partial charge in [-0.3, -0.25) is 4.90 Å². The van der Waals surface area contributed by atoms with Gasteiger partial charge >= 0.3 is 0 Å². The topological polar surface area (TPSA) is 3.24 Å². The third kappa shape index (κ3) is 3.20. The molecule has 0 saturated carbocycles. The molecule has 1 aliphatic heterocycles. The predicted octanol–water partition coefficient (Wildman–Crippen LogP) is 2.39. The molecule has 70 valence electrons. The maximum atomic E-state index is 3.93. The molecule has 2 heteroatoms. The fourth-order valence-corrected chi connectivity index (χ4v) is 2.51. The lowest BCUT2D eigenvalue weighted by atomic mass is 10.2. The molecule has 0 amide bonds. The van der Waals surface area contributed by atoms with Crippen LogP contribution in [0.3, 0.4) is 0 Å². The summed E-state index contributed by atoms with van der Waals surface area (Å²) in [7, 11) is 0. The van der Waals surface area contributed by atoms with E-state index in [0.717, 1.165) is 12.5 Å². The van der Waals surface area contributed by atoms with Gasteiger partial charge in [-0.05, 0) is 20.3 Å². The molecule has 1 atom stereocenters. The first kappa shape index (κ1) is 10.1. The lowest BCUT2D eigenvalue weighted by Gasteiger charge is -2.32. The van der Waals surface area contributed by atoms with Gasteiger partial charge < -0.3 is 0 Å². The minimum absolute atomic E-state index is 0.767. The summed E-state index contributed by atoms with van der Waals surface area (Å²) in [4.78, 5) is 2.57. The van der Waals surface area contributed by atoms with E-state index in [9.17, 15) is 0 Å². The fourth-order valence-electron chi connectivity index (χ4n) is 1.43. The number of hydrogen-bond donors (Lipinski definition) is 0. The molecule has 0 spiro atoms. The number of rotatable bonds is 3. The summed E-state index contributed by atoms with van der Waals surface area (Å²) in [5.41, 5.74) is 1.31. The molecule has 1 heterocycles. The van der Waals surface area contributed by atoms with Gasteiger partial charge in [0.15, 0.2) is 0 Å². The highest BCUT2D eigenvalue weighted by atomic mass is 32.2. The summed E-state index contributed by atoms with van der Waals surface area (Å²) in [5.74, 6) is 2.61. The molecule has 1 rings (SSSR count). The SMILES string of the molecule is C=C(C)CCN1CCSCC1C. The zero-order chi connectivity index (χ0) is 8.97. The van der Waals surface area contributed by atoms with Crippen LogP contribution < -0.4 is 0 Å². The maximum absolute atomic E-state index is 3.93. The average molecular weight is 185 g/mol. The van der Waals surface area contributed by atoms with Crippen molar-refractivity contribution in [1.29, 1.82) is 0 Å². The van der Waals surface area contributed by atoms with Crippen LogP contribution in [0.1, 0.15) is 20.3 Å². The van der Waals surface area contributed by atoms with E-state index < -0.39 is 0 Å². The van der Waals surface area contributed by atoms with E-state index in [1.807, 2.05) is 0 Å². The van der Waals surface area contributed by atoms with Gasteiger partial charge in [-0.2, -0.15) is 11.8 Å². The van der Waals surface area contributed by atoms with E-state index in [-0.39, 0.29) is 0 Å². The summed E-state index contributed by atoms with van der Waals surface area (Å²) in [6.45, 7) is 10.8. The largest absolute Gasteiger partial charge is 0.299 e. The van der Waals surface area contributed by atoms with Gasteiger partial charge in [0.2, 0.25) is 0 Å². The van der Waals surface area contributed by atoms with Crippen molar-refractivity contribution in [2.45, 2.75) is 26.3 Å². The van der Waals surface area contributed by atoms with Gasteiger partial charge in [-0.25, -0.2) is 0 Å². The quantitative estimate of drug-likeness (QED) is 0.621. The second-order valence-corrected chi connectivity index (χ2v) is 4.82. The van der Waals surface area contributed by atoms with Crippen LogP contribution in [0.15, 0.2) is 12.2 Å². The molecule has 1 unspecified atom stereocenters. The van der Waals surface area contributed by atoms with Crippen molar-refractivity contribution in [2.75, 3.05) is 24.6 Å². The third-order valence-electron chi connectivity index (χ3n) is 2.33. The van der Waals surface area contributed by atoms with E-state index in [1.54, 1.807) is 0 Å². The molecule has 1 fully saturated rings. The van der Waals surface area contributed by atoms with Crippen LogP contribution in [-0.4, -0.2) is 35.5 Å². The smallest absolute Gasteiger partial charge is 0.0158 e. The van der Waals surface area contributed by atoms with Crippen LogP contribution in [-0.2, 0) is 0 Å². The summed E-state index contributed by atoms with van der Waals surface area (Å²) in [6, 6.07) is 0.767. The van der Waals surface area contributed by atoms with Crippen molar-refractivity contribution in [3.8, 4) is 0 Å². The minimum Gasteiger partial charge on any atom is -0.299 e. The van der Waals surface area contributed by atoms with Crippen LogP contribution in [0.5, 0.6) is 0 Å². The van der Waals surface area contributed by atoms with Gasteiger partial charge in [0.05, 0.1) is 0 Å². The Hall–Kier alpha value is 0.0500. The second-order valence-electron chi connectivity index (χ2n) is 3.67. The molecule has 1 nitrogen and oxygen atoms in total. The Morgan fingerprint density at radius 1 is 1.67 bits per heavy atom. The van der Waals surface area contributed by atoms with Crippen LogP contribution in [0.2, 0.25) is 0 Å². The normalized spacial score (nSPS) is 25.7. The Morgan fingerprint density at radius 2 is 2.42 bits per heavy atom. The van der Waals surface area contributed by atoms with Crippen molar-refractivity contribution >= 4 is 11.8 Å². The summed E-state index contributed by atoms with van der Waals surface area (Å²) >= 11 is 2.08. The van der Waals surface area contributed by atoms with E-state index in [0.29, 0.717) is 0 Å². The molecule has 12 heavy (non-hydrogen) atoms. The maximum Gasteiger partial charge on any atom is 0.0158 e. The third-order valence-corrected chi connectivity index (χ3v) is 3.52. The predicted molar refractivity (Wildman–Crippen MR) is 57.8 cm³/mol. The molecular weight excluding hydrogens is 166 g/mol. The highest BCUT2D eigenvalue weighted by molar-refractivity contribution is 7.99. The molecule has 0 N–H and O–H groups in total. The Labute approximate surface area is 80.2 Å². The van der Waals surface area contributed by atoms with Crippen LogP contribution in [0.4, 0.5) is 0 Å². The lowest BCUT2D eigenvalue weighted by Crippen LogP contribution is -2.40. The number of hydrogen-bond acceptors (Lipinski definition) is 2. The molecular formula is C10H19NS. The van der Waals surface area contributed by atoms with E-state index in [1.165, 1.54) is 30.2 Å². The summed E-state index contributed by atoms with van der Waals surface area (Å²) in [5, 5.41) is 0. The zero-order valence-corrected chi connectivity index (χ0v) is 8.99. The Balaban J connectivity index is 2.24. The van der Waals surface area contributed by atoms with Gasteiger partial charge in [0.25, 0.3) is 0 Å². The number of nitrogens with zero attached hydrogens (tertiary/aromatic N) is 1. The van der Waals surface area contributed by atoms with E-state index in [2.05, 4.69) is 37.1 Å². The molecule has 0 aromatic rings. The van der Waals surface area contributed by atoms with Crippen molar-refractivity contribution in [3.05, 3.63) is 12.2 Å². The summed E-state index contributed by atoms with van der Waals surface area (Å²) < 4.78 is 0. The van der Waals surface area contributed by atoms with E-state index in [4.69, 9.17) is 0 Å². The van der Waals surface area contributed by atoms with E-state index >= 15 is 0 Å². The van der Waals surface area contributed by atoms with Crippen LogP contribution in [0, 0.1) is 0 Å². The second kappa shape index (κ2) is 4.93. The first-order valence-electron chi connectivity index (χ1n) is 4.66. The van der Waals surface area contributed by atoms with Gasteiger partial charge in [0, 0.05) is 30.6 Å². The molecule has 1 aliphatic rings. The van der Waals surface area contributed by atoms with Crippen LogP contribution >= 0.6 is 11.8 Å². The summed E-state index contributed by atoms with van der Waals surface area (Å²) in [6.07, 6.45) is 1.16. The Morgan fingerprint density at radius 3 is 3.00 bits per heavy atom. The molecule has 0 aromatic heterocycles. The highest BCUT2D eigenvalue weighted by Crippen LogP contribution is 2.16. The zero-order valence-electron chi connectivity index (χ0n) is 8.18. The van der Waals surface area contributed by atoms with Crippen molar-refractivity contribution in [3.63, 3.8) is 0 Å². The van der Waals surface area contributed by atoms with Gasteiger partial charge in [0.1, 0.15) is 0 Å². The minimum atomic E-state index is 0.767. The monoisotopic (exact) mass is 185 g/mol. The van der Waals surface area contributed by atoms with Crippen LogP contribution in [0.25, 0.3) is 0 Å². The first-order valence-corrected chi connectivity index (χ1v) is 5.82.